The van der Waals surface area contributed by atoms with Gasteiger partial charge in [-0.15, -0.1) is 11.3 Å². The van der Waals surface area contributed by atoms with Gasteiger partial charge in [-0.25, -0.2) is 0 Å². The molecule has 0 saturated carbocycles. The van der Waals surface area contributed by atoms with Crippen molar-refractivity contribution in [3.05, 3.63) is 21.9 Å². The van der Waals surface area contributed by atoms with Gasteiger partial charge in [0.25, 0.3) is 5.91 Å². The molecule has 0 aliphatic rings. The second-order valence-corrected chi connectivity index (χ2v) is 5.66. The summed E-state index contributed by atoms with van der Waals surface area (Å²) in [6, 6.07) is 1.85. The van der Waals surface area contributed by atoms with E-state index in [1.54, 1.807) is 0 Å². The molecule has 0 aromatic carbocycles. The number of nitrogens with zero attached hydrogens (tertiary/aromatic N) is 2. The van der Waals surface area contributed by atoms with E-state index in [4.69, 9.17) is 5.73 Å². The fraction of sp³-hybridized carbons (Fsp3) is 0.533. The van der Waals surface area contributed by atoms with Crippen LogP contribution in [0.1, 0.15) is 28.6 Å². The monoisotopic (exact) mass is 293 g/mol. The van der Waals surface area contributed by atoms with E-state index in [1.807, 2.05) is 37.4 Å². The number of thiophene rings is 1. The van der Waals surface area contributed by atoms with E-state index in [-0.39, 0.29) is 5.91 Å². The van der Waals surface area contributed by atoms with Gasteiger partial charge in [0.2, 0.25) is 0 Å². The summed E-state index contributed by atoms with van der Waals surface area (Å²) in [7, 11) is 4.08. The molecule has 0 unspecified atom stereocenters. The molecule has 0 saturated heterocycles. The molecule has 0 atom stereocenters. The number of carbonyl (C=O) groups is 1. The van der Waals surface area contributed by atoms with Gasteiger partial charge in [-0.2, -0.15) is 0 Å². The van der Waals surface area contributed by atoms with Crippen molar-refractivity contribution in [1.82, 2.24) is 9.80 Å². The number of hydrogen-bond acceptors (Lipinski definition) is 4. The zero-order chi connectivity index (χ0) is 15.0. The third kappa shape index (κ3) is 5.33. The molecule has 0 fully saturated rings. The molecule has 1 heterocycles. The first-order valence-corrected chi connectivity index (χ1v) is 7.68. The average molecular weight is 293 g/mol. The van der Waals surface area contributed by atoms with Crippen LogP contribution in [0.5, 0.6) is 0 Å². The largest absolute Gasteiger partial charge is 0.339 e. The summed E-state index contributed by atoms with van der Waals surface area (Å²) in [5.41, 5.74) is 6.07. The van der Waals surface area contributed by atoms with Crippen molar-refractivity contribution in [1.29, 1.82) is 0 Å². The highest BCUT2D eigenvalue weighted by atomic mass is 32.1. The standard InChI is InChI=1S/C15H23N3OS/c1-4-18(10-6-9-17(2)3)15(19)13-11-14(20-12-13)7-5-8-16/h11-12H,4,6,8-10,16H2,1-3H3. The van der Waals surface area contributed by atoms with Crippen LogP contribution in [0.4, 0.5) is 0 Å². The molecule has 0 bridgehead atoms. The van der Waals surface area contributed by atoms with Gasteiger partial charge in [0, 0.05) is 18.5 Å². The normalized spacial score (nSPS) is 10.2. The van der Waals surface area contributed by atoms with Crippen molar-refractivity contribution in [2.45, 2.75) is 13.3 Å². The van der Waals surface area contributed by atoms with E-state index in [0.29, 0.717) is 6.54 Å². The van der Waals surface area contributed by atoms with Crippen molar-refractivity contribution >= 4 is 17.2 Å². The predicted molar refractivity (Wildman–Crippen MR) is 85.0 cm³/mol. The Labute approximate surface area is 125 Å². The number of amides is 1. The number of carbonyl (C=O) groups excluding carboxylic acids is 1. The van der Waals surface area contributed by atoms with E-state index in [2.05, 4.69) is 16.7 Å². The lowest BCUT2D eigenvalue weighted by molar-refractivity contribution is 0.0760. The fourth-order valence-corrected chi connectivity index (χ4v) is 2.56. The molecule has 0 radical (unpaired) electrons. The Kier molecular flexibility index (Phi) is 7.31. The minimum absolute atomic E-state index is 0.0864. The van der Waals surface area contributed by atoms with Crippen LogP contribution >= 0.6 is 11.3 Å². The molecule has 1 amide bonds. The van der Waals surface area contributed by atoms with E-state index in [0.717, 1.165) is 36.5 Å². The molecule has 0 aliphatic carbocycles. The van der Waals surface area contributed by atoms with Crippen molar-refractivity contribution in [3.63, 3.8) is 0 Å². The summed E-state index contributed by atoms with van der Waals surface area (Å²) in [5.74, 6) is 5.85. The highest BCUT2D eigenvalue weighted by Gasteiger charge is 2.15. The molecular weight excluding hydrogens is 270 g/mol. The maximum absolute atomic E-state index is 12.4. The summed E-state index contributed by atoms with van der Waals surface area (Å²) in [6.07, 6.45) is 0.983. The van der Waals surface area contributed by atoms with Gasteiger partial charge in [-0.05, 0) is 40.1 Å². The van der Waals surface area contributed by atoms with Crippen molar-refractivity contribution in [2.75, 3.05) is 40.3 Å². The molecule has 1 aromatic heterocycles. The molecule has 2 N–H and O–H groups in total. The lowest BCUT2D eigenvalue weighted by atomic mass is 10.2. The van der Waals surface area contributed by atoms with E-state index < -0.39 is 0 Å². The van der Waals surface area contributed by atoms with Gasteiger partial charge < -0.3 is 15.5 Å². The first-order chi connectivity index (χ1) is 9.58. The van der Waals surface area contributed by atoms with E-state index in [9.17, 15) is 4.79 Å². The van der Waals surface area contributed by atoms with Crippen LogP contribution in [0, 0.1) is 11.8 Å². The van der Waals surface area contributed by atoms with Crippen LogP contribution in [0.15, 0.2) is 11.4 Å². The average Bonchev–Trinajstić information content (AvgIpc) is 2.89. The first kappa shape index (κ1) is 16.7. The Bertz CT molecular complexity index is 485. The topological polar surface area (TPSA) is 49.6 Å². The Morgan fingerprint density at radius 2 is 2.15 bits per heavy atom. The third-order valence-electron chi connectivity index (χ3n) is 2.86. The summed E-state index contributed by atoms with van der Waals surface area (Å²) < 4.78 is 0. The highest BCUT2D eigenvalue weighted by Crippen LogP contribution is 2.15. The van der Waals surface area contributed by atoms with Gasteiger partial charge in [-0.3, -0.25) is 4.79 Å². The van der Waals surface area contributed by atoms with Gasteiger partial charge in [0.15, 0.2) is 0 Å². The second-order valence-electron chi connectivity index (χ2n) is 4.75. The Balaban J connectivity index is 2.63. The zero-order valence-corrected chi connectivity index (χ0v) is 13.3. The second kappa shape index (κ2) is 8.75. The molecule has 4 nitrogen and oxygen atoms in total. The fourth-order valence-electron chi connectivity index (χ4n) is 1.82. The molecule has 5 heteroatoms. The summed E-state index contributed by atoms with van der Waals surface area (Å²) in [4.78, 5) is 17.3. The quantitative estimate of drug-likeness (QED) is 0.808. The van der Waals surface area contributed by atoms with Crippen molar-refractivity contribution in [3.8, 4) is 11.8 Å². The van der Waals surface area contributed by atoms with Gasteiger partial charge in [0.05, 0.1) is 17.0 Å². The number of hydrogen-bond donors (Lipinski definition) is 1. The Morgan fingerprint density at radius 3 is 2.75 bits per heavy atom. The molecule has 110 valence electrons. The van der Waals surface area contributed by atoms with Gasteiger partial charge in [0.1, 0.15) is 0 Å². The zero-order valence-electron chi connectivity index (χ0n) is 12.5. The highest BCUT2D eigenvalue weighted by molar-refractivity contribution is 7.10. The minimum Gasteiger partial charge on any atom is -0.339 e. The minimum atomic E-state index is 0.0864. The molecule has 1 rings (SSSR count). The predicted octanol–water partition coefficient (Wildman–Crippen LogP) is 1.47. The molecular formula is C15H23N3OS. The van der Waals surface area contributed by atoms with Crippen molar-refractivity contribution in [2.24, 2.45) is 5.73 Å². The smallest absolute Gasteiger partial charge is 0.254 e. The lowest BCUT2D eigenvalue weighted by Gasteiger charge is -2.21. The van der Waals surface area contributed by atoms with E-state index in [1.165, 1.54) is 11.3 Å². The molecule has 0 spiro atoms. The van der Waals surface area contributed by atoms with Gasteiger partial charge >= 0.3 is 0 Å². The lowest BCUT2D eigenvalue weighted by Crippen LogP contribution is -2.33. The van der Waals surface area contributed by atoms with Crippen LogP contribution in [0.3, 0.4) is 0 Å². The van der Waals surface area contributed by atoms with Crippen LogP contribution in [-0.4, -0.2) is 56.0 Å². The Hall–Kier alpha value is -1.35. The van der Waals surface area contributed by atoms with Crippen LogP contribution in [-0.2, 0) is 0 Å². The van der Waals surface area contributed by atoms with Crippen molar-refractivity contribution < 1.29 is 4.79 Å². The van der Waals surface area contributed by atoms with E-state index >= 15 is 0 Å². The molecule has 20 heavy (non-hydrogen) atoms. The first-order valence-electron chi connectivity index (χ1n) is 6.80. The van der Waals surface area contributed by atoms with Crippen LogP contribution in [0.25, 0.3) is 0 Å². The maximum Gasteiger partial charge on any atom is 0.254 e. The third-order valence-corrected chi connectivity index (χ3v) is 3.71. The van der Waals surface area contributed by atoms with Crippen LogP contribution in [0.2, 0.25) is 0 Å². The Morgan fingerprint density at radius 1 is 1.40 bits per heavy atom. The molecule has 1 aromatic rings. The maximum atomic E-state index is 12.4. The number of rotatable bonds is 6. The number of nitrogens with two attached hydrogens (primary N) is 1. The molecule has 0 aliphatic heterocycles. The van der Waals surface area contributed by atoms with Crippen LogP contribution < -0.4 is 5.73 Å². The summed E-state index contributed by atoms with van der Waals surface area (Å²) in [5, 5.41) is 1.87. The van der Waals surface area contributed by atoms with Gasteiger partial charge in [-0.1, -0.05) is 11.8 Å². The summed E-state index contributed by atoms with van der Waals surface area (Å²) >= 11 is 1.49. The SMILES string of the molecule is CCN(CCCN(C)C)C(=O)c1csc(C#CCN)c1. The summed E-state index contributed by atoms with van der Waals surface area (Å²) in [6.45, 7) is 4.85.